The highest BCUT2D eigenvalue weighted by atomic mass is 31.2. The van der Waals surface area contributed by atoms with Crippen LogP contribution in [0.3, 0.4) is 0 Å². The zero-order valence-corrected chi connectivity index (χ0v) is 7.95. The Morgan fingerprint density at radius 3 is 2.23 bits per heavy atom. The molecule has 0 aliphatic rings. The van der Waals surface area contributed by atoms with Gasteiger partial charge in [-0.15, -0.1) is 0 Å². The van der Waals surface area contributed by atoms with Crippen LogP contribution in [0.25, 0.3) is 0 Å². The minimum absolute atomic E-state index is 0. The Bertz CT molecular complexity index is 284. The van der Waals surface area contributed by atoms with Crippen LogP contribution in [0.4, 0.5) is 0 Å². The zero-order chi connectivity index (χ0) is 9.03. The number of rotatable bonds is 3. The van der Waals surface area contributed by atoms with Crippen molar-refractivity contribution in [2.45, 2.75) is 7.43 Å². The normalized spacial score (nSPS) is 14.0. The average molecular weight is 202 g/mol. The first kappa shape index (κ1) is 12.2. The van der Waals surface area contributed by atoms with Crippen LogP contribution in [-0.2, 0) is 9.09 Å². The Morgan fingerprint density at radius 1 is 1.23 bits per heavy atom. The summed E-state index contributed by atoms with van der Waals surface area (Å²) in [5, 5.41) is 0. The van der Waals surface area contributed by atoms with Crippen molar-refractivity contribution in [1.82, 2.24) is 0 Å². The Morgan fingerprint density at radius 2 is 1.77 bits per heavy atom. The minimum atomic E-state index is -2.90. The van der Waals surface area contributed by atoms with Crippen LogP contribution in [0.1, 0.15) is 7.43 Å². The van der Waals surface area contributed by atoms with Crippen LogP contribution < -0.4 is 4.52 Å². The molecule has 0 unspecified atom stereocenters. The van der Waals surface area contributed by atoms with Gasteiger partial charge in [0.25, 0.3) is 0 Å². The maximum absolute atomic E-state index is 11.3. The molecule has 0 spiro atoms. The van der Waals surface area contributed by atoms with Crippen molar-refractivity contribution in [3.8, 4) is 5.75 Å². The van der Waals surface area contributed by atoms with Crippen LogP contribution in [-0.4, -0.2) is 13.8 Å². The number of hydrogen-bond donors (Lipinski definition) is 0. The smallest absolute Gasteiger partial charge is 0.375 e. The van der Waals surface area contributed by atoms with Gasteiger partial charge in [0.05, 0.1) is 0 Å². The van der Waals surface area contributed by atoms with Crippen molar-refractivity contribution in [3.05, 3.63) is 30.3 Å². The molecule has 1 atom stereocenters. The first-order chi connectivity index (χ1) is 5.64. The lowest BCUT2D eigenvalue weighted by Crippen LogP contribution is -1.92. The highest BCUT2D eigenvalue weighted by Gasteiger charge is 2.14. The van der Waals surface area contributed by atoms with E-state index in [-0.39, 0.29) is 7.43 Å². The molecule has 0 bridgehead atoms. The van der Waals surface area contributed by atoms with Gasteiger partial charge in [0, 0.05) is 13.8 Å². The van der Waals surface area contributed by atoms with Crippen molar-refractivity contribution >= 4 is 7.60 Å². The third kappa shape index (κ3) is 4.11. The summed E-state index contributed by atoms with van der Waals surface area (Å²) < 4.78 is 21.1. The molecule has 4 heteroatoms. The van der Waals surface area contributed by atoms with Crippen molar-refractivity contribution in [3.63, 3.8) is 0 Å². The predicted molar refractivity (Wildman–Crippen MR) is 54.3 cm³/mol. The third-order valence-electron chi connectivity index (χ3n) is 1.35. The average Bonchev–Trinajstić information content (AvgIpc) is 2.06. The molecule has 0 saturated heterocycles. The van der Waals surface area contributed by atoms with E-state index < -0.39 is 7.60 Å². The highest BCUT2D eigenvalue weighted by Crippen LogP contribution is 2.42. The topological polar surface area (TPSA) is 35.5 Å². The molecule has 74 valence electrons. The number of benzene rings is 1. The van der Waals surface area contributed by atoms with Crippen molar-refractivity contribution < 1.29 is 13.6 Å². The summed E-state index contributed by atoms with van der Waals surface area (Å²) in [5.41, 5.74) is 0. The standard InChI is InChI=1S/C8H11O3P.CH4/c1-10-12(2,9)11-8-6-4-3-5-7-8;/h3-7H,1-2H3;1H4/t12-;/m0./s1. The van der Waals surface area contributed by atoms with Gasteiger partial charge >= 0.3 is 7.60 Å². The first-order valence-electron chi connectivity index (χ1n) is 3.52. The second kappa shape index (κ2) is 5.05. The molecular weight excluding hydrogens is 187 g/mol. The zero-order valence-electron chi connectivity index (χ0n) is 7.06. The van der Waals surface area contributed by atoms with Gasteiger partial charge in [0.1, 0.15) is 5.75 Å². The lowest BCUT2D eigenvalue weighted by atomic mass is 10.3. The highest BCUT2D eigenvalue weighted by molar-refractivity contribution is 7.53. The Balaban J connectivity index is 0.00000144. The van der Waals surface area contributed by atoms with Crippen molar-refractivity contribution in [2.24, 2.45) is 0 Å². The molecular formula is C9H15O3P. The third-order valence-corrected chi connectivity index (χ3v) is 2.55. The molecule has 0 aromatic heterocycles. The van der Waals surface area contributed by atoms with Crippen LogP contribution in [0, 0.1) is 0 Å². The maximum atomic E-state index is 11.3. The summed E-state index contributed by atoms with van der Waals surface area (Å²) >= 11 is 0. The monoisotopic (exact) mass is 202 g/mol. The molecule has 0 saturated carbocycles. The van der Waals surface area contributed by atoms with E-state index in [0.717, 1.165) is 0 Å². The molecule has 3 nitrogen and oxygen atoms in total. The predicted octanol–water partition coefficient (Wildman–Crippen LogP) is 3.17. The van der Waals surface area contributed by atoms with E-state index >= 15 is 0 Å². The van der Waals surface area contributed by atoms with E-state index in [9.17, 15) is 4.57 Å². The molecule has 0 aliphatic carbocycles. The SMILES string of the molecule is C.CO[P@](C)(=O)Oc1ccccc1. The number of para-hydroxylation sites is 1. The molecule has 0 amide bonds. The lowest BCUT2D eigenvalue weighted by molar-refractivity contribution is 0.328. The fourth-order valence-electron chi connectivity index (χ4n) is 0.710. The summed E-state index contributed by atoms with van der Waals surface area (Å²) in [7, 11) is -1.53. The molecule has 13 heavy (non-hydrogen) atoms. The van der Waals surface area contributed by atoms with E-state index in [2.05, 4.69) is 4.52 Å². The summed E-state index contributed by atoms with van der Waals surface area (Å²) in [6.07, 6.45) is 0. The second-order valence-corrected chi connectivity index (χ2v) is 4.45. The number of hydrogen-bond acceptors (Lipinski definition) is 3. The van der Waals surface area contributed by atoms with E-state index in [1.807, 2.05) is 18.2 Å². The van der Waals surface area contributed by atoms with Crippen LogP contribution in [0.15, 0.2) is 30.3 Å². The molecule has 0 heterocycles. The fraction of sp³-hybridized carbons (Fsp3) is 0.333. The van der Waals surface area contributed by atoms with E-state index in [4.69, 9.17) is 4.52 Å². The first-order valence-corrected chi connectivity index (χ1v) is 5.51. The van der Waals surface area contributed by atoms with Crippen LogP contribution in [0.5, 0.6) is 5.75 Å². The summed E-state index contributed by atoms with van der Waals surface area (Å²) in [6.45, 7) is 1.43. The second-order valence-electron chi connectivity index (χ2n) is 2.36. The molecule has 1 rings (SSSR count). The lowest BCUT2D eigenvalue weighted by Gasteiger charge is -2.11. The van der Waals surface area contributed by atoms with E-state index in [0.29, 0.717) is 5.75 Å². The van der Waals surface area contributed by atoms with Gasteiger partial charge in [0.2, 0.25) is 0 Å². The fourth-order valence-corrected chi connectivity index (χ4v) is 1.29. The van der Waals surface area contributed by atoms with Gasteiger partial charge in [0.15, 0.2) is 0 Å². The maximum Gasteiger partial charge on any atom is 0.375 e. The summed E-state index contributed by atoms with van der Waals surface area (Å²) in [4.78, 5) is 0. The van der Waals surface area contributed by atoms with Crippen LogP contribution in [0.2, 0.25) is 0 Å². The molecule has 1 aromatic carbocycles. The summed E-state index contributed by atoms with van der Waals surface area (Å²) in [6, 6.07) is 8.95. The van der Waals surface area contributed by atoms with Gasteiger partial charge in [-0.25, -0.2) is 4.57 Å². The van der Waals surface area contributed by atoms with E-state index in [1.54, 1.807) is 12.1 Å². The Hall–Kier alpha value is -0.790. The molecule has 1 aromatic rings. The van der Waals surface area contributed by atoms with Gasteiger partial charge in [-0.05, 0) is 12.1 Å². The molecule has 0 aliphatic heterocycles. The largest absolute Gasteiger partial charge is 0.425 e. The van der Waals surface area contributed by atoms with E-state index in [1.165, 1.54) is 13.8 Å². The Labute approximate surface area is 79.2 Å². The van der Waals surface area contributed by atoms with Gasteiger partial charge in [-0.2, -0.15) is 0 Å². The van der Waals surface area contributed by atoms with Gasteiger partial charge in [-0.3, -0.25) is 0 Å². The Kier molecular flexibility index (Phi) is 4.74. The summed E-state index contributed by atoms with van der Waals surface area (Å²) in [5.74, 6) is 0.560. The van der Waals surface area contributed by atoms with Crippen molar-refractivity contribution in [1.29, 1.82) is 0 Å². The van der Waals surface area contributed by atoms with Crippen molar-refractivity contribution in [2.75, 3.05) is 13.8 Å². The molecule has 0 N–H and O–H groups in total. The molecule has 0 fully saturated rings. The molecule has 0 radical (unpaired) electrons. The van der Waals surface area contributed by atoms with Crippen LogP contribution >= 0.6 is 7.60 Å². The van der Waals surface area contributed by atoms with Gasteiger partial charge in [-0.1, -0.05) is 25.6 Å². The minimum Gasteiger partial charge on any atom is -0.425 e. The van der Waals surface area contributed by atoms with Gasteiger partial charge < -0.3 is 9.05 Å². The quantitative estimate of drug-likeness (QED) is 0.706.